The van der Waals surface area contributed by atoms with E-state index < -0.39 is 11.7 Å². The van der Waals surface area contributed by atoms with E-state index in [-0.39, 0.29) is 11.1 Å². The number of alkyl halides is 3. The van der Waals surface area contributed by atoms with E-state index in [0.717, 1.165) is 0 Å². The lowest BCUT2D eigenvalue weighted by molar-refractivity contribution is -0.137. The van der Waals surface area contributed by atoms with Crippen molar-refractivity contribution in [1.29, 1.82) is 0 Å². The molecule has 0 aliphatic rings. The first-order valence-electron chi connectivity index (χ1n) is 5.88. The molecular weight excluding hydrogens is 291 g/mol. The van der Waals surface area contributed by atoms with Crippen molar-refractivity contribution in [3.63, 3.8) is 0 Å². The van der Waals surface area contributed by atoms with E-state index in [9.17, 15) is 13.2 Å². The van der Waals surface area contributed by atoms with Gasteiger partial charge < -0.3 is 5.32 Å². The smallest absolute Gasteiger partial charge is 0.340 e. The maximum absolute atomic E-state index is 12.7. The topological polar surface area (TPSA) is 37.8 Å². The third kappa shape index (κ3) is 4.38. The molecule has 0 radical (unpaired) electrons. The first-order chi connectivity index (χ1) is 9.47. The second-order valence-electron chi connectivity index (χ2n) is 3.39. The molecule has 20 heavy (non-hydrogen) atoms. The average Bonchev–Trinajstić information content (AvgIpc) is 2.41. The van der Waals surface area contributed by atoms with Crippen LogP contribution < -0.4 is 5.32 Å². The largest absolute Gasteiger partial charge is 0.421 e. The fraction of sp³-hybridized carbons (Fsp3) is 0.231. The average molecular weight is 304 g/mol. The van der Waals surface area contributed by atoms with Crippen LogP contribution in [0.5, 0.6) is 0 Å². The second kappa shape index (κ2) is 7.09. The van der Waals surface area contributed by atoms with Gasteiger partial charge in [0.15, 0.2) is 0 Å². The van der Waals surface area contributed by atoms with Gasteiger partial charge in [0, 0.05) is 11.9 Å². The number of hydrogen-bond acceptors (Lipinski definition) is 3. The van der Waals surface area contributed by atoms with Gasteiger partial charge in [-0.2, -0.15) is 18.2 Å². The maximum atomic E-state index is 12.7. The van der Waals surface area contributed by atoms with E-state index in [2.05, 4.69) is 15.3 Å². The summed E-state index contributed by atoms with van der Waals surface area (Å²) in [4.78, 5) is 6.90. The van der Waals surface area contributed by atoms with Crippen LogP contribution in [0.2, 0.25) is 5.28 Å². The molecule has 0 fully saturated rings. The van der Waals surface area contributed by atoms with E-state index in [1.807, 2.05) is 13.8 Å². The van der Waals surface area contributed by atoms with Crippen molar-refractivity contribution in [2.75, 3.05) is 5.32 Å². The van der Waals surface area contributed by atoms with Crippen LogP contribution in [-0.4, -0.2) is 9.97 Å². The summed E-state index contributed by atoms with van der Waals surface area (Å²) in [6.07, 6.45) is -3.89. The van der Waals surface area contributed by atoms with Crippen LogP contribution >= 0.6 is 11.6 Å². The van der Waals surface area contributed by atoms with Gasteiger partial charge in [-0.3, -0.25) is 0 Å². The Morgan fingerprint density at radius 3 is 2.25 bits per heavy atom. The second-order valence-corrected chi connectivity index (χ2v) is 3.73. The van der Waals surface area contributed by atoms with Crippen molar-refractivity contribution in [3.8, 4) is 0 Å². The molecular formula is C13H13ClF3N3. The van der Waals surface area contributed by atoms with Crippen molar-refractivity contribution >= 4 is 23.1 Å². The molecule has 0 bridgehead atoms. The molecule has 3 nitrogen and oxygen atoms in total. The molecule has 1 heterocycles. The third-order valence-corrected chi connectivity index (χ3v) is 2.28. The van der Waals surface area contributed by atoms with E-state index in [4.69, 9.17) is 11.6 Å². The Hall–Kier alpha value is -1.82. The number of hydrogen-bond donors (Lipinski definition) is 1. The highest BCUT2D eigenvalue weighted by molar-refractivity contribution is 6.28. The van der Waals surface area contributed by atoms with Crippen molar-refractivity contribution in [3.05, 3.63) is 47.4 Å². The number of aromatic nitrogens is 2. The fourth-order valence-electron chi connectivity index (χ4n) is 1.32. The van der Waals surface area contributed by atoms with Gasteiger partial charge in [0.25, 0.3) is 0 Å². The Bertz CT molecular complexity index is 544. The summed E-state index contributed by atoms with van der Waals surface area (Å²) in [6, 6.07) is 8.38. The lowest BCUT2D eigenvalue weighted by Gasteiger charge is -2.12. The van der Waals surface area contributed by atoms with Crippen LogP contribution in [0, 0.1) is 0 Å². The van der Waals surface area contributed by atoms with E-state index in [1.54, 1.807) is 30.3 Å². The van der Waals surface area contributed by atoms with E-state index >= 15 is 0 Å². The first kappa shape index (κ1) is 16.2. The highest BCUT2D eigenvalue weighted by Gasteiger charge is 2.35. The predicted molar refractivity (Wildman–Crippen MR) is 73.1 cm³/mol. The maximum Gasteiger partial charge on any atom is 0.421 e. The molecule has 2 rings (SSSR count). The normalized spacial score (nSPS) is 10.5. The number of nitrogens with one attached hydrogen (secondary N) is 1. The highest BCUT2D eigenvalue weighted by atomic mass is 35.5. The SMILES string of the molecule is CC.FC(F)(F)c1cnc(Cl)nc1Nc1ccccc1. The van der Waals surface area contributed by atoms with E-state index in [0.29, 0.717) is 11.9 Å². The fourth-order valence-corrected chi connectivity index (χ4v) is 1.45. The van der Waals surface area contributed by atoms with E-state index in [1.165, 1.54) is 0 Å². The van der Waals surface area contributed by atoms with Crippen LogP contribution in [0.15, 0.2) is 36.5 Å². The lowest BCUT2D eigenvalue weighted by Crippen LogP contribution is -2.11. The number of nitrogens with zero attached hydrogens (tertiary/aromatic N) is 2. The van der Waals surface area contributed by atoms with Crippen LogP contribution in [0.3, 0.4) is 0 Å². The molecule has 0 atom stereocenters. The van der Waals surface area contributed by atoms with Gasteiger partial charge in [-0.05, 0) is 23.7 Å². The summed E-state index contributed by atoms with van der Waals surface area (Å²) >= 11 is 5.50. The van der Waals surface area contributed by atoms with Gasteiger partial charge in [-0.1, -0.05) is 32.0 Å². The van der Waals surface area contributed by atoms with Crippen molar-refractivity contribution < 1.29 is 13.2 Å². The standard InChI is InChI=1S/C11H7ClF3N3.C2H6/c12-10-16-6-8(11(13,14)15)9(18-10)17-7-4-2-1-3-5-7;1-2/h1-6H,(H,16,17,18);1-2H3. The predicted octanol–water partition coefficient (Wildman–Crippen LogP) is 4.92. The van der Waals surface area contributed by atoms with Gasteiger partial charge in [0.1, 0.15) is 11.4 Å². The Balaban J connectivity index is 0.000000956. The summed E-state index contributed by atoms with van der Waals surface area (Å²) in [5, 5.41) is 2.32. The summed E-state index contributed by atoms with van der Waals surface area (Å²) in [5.41, 5.74) is -0.478. The molecule has 1 aromatic heterocycles. The van der Waals surface area contributed by atoms with Crippen molar-refractivity contribution in [1.82, 2.24) is 9.97 Å². The molecule has 1 N–H and O–H groups in total. The molecule has 1 aromatic carbocycles. The van der Waals surface area contributed by atoms with Gasteiger partial charge in [-0.15, -0.1) is 0 Å². The van der Waals surface area contributed by atoms with Gasteiger partial charge in [0.2, 0.25) is 5.28 Å². The van der Waals surface area contributed by atoms with Crippen molar-refractivity contribution in [2.24, 2.45) is 0 Å². The highest BCUT2D eigenvalue weighted by Crippen LogP contribution is 2.34. The summed E-state index contributed by atoms with van der Waals surface area (Å²) < 4.78 is 38.2. The molecule has 0 saturated heterocycles. The molecule has 0 unspecified atom stereocenters. The van der Waals surface area contributed by atoms with Gasteiger partial charge in [0.05, 0.1) is 0 Å². The first-order valence-corrected chi connectivity index (χ1v) is 6.26. The number of halogens is 4. The molecule has 0 amide bonds. The monoisotopic (exact) mass is 303 g/mol. The summed E-state index contributed by atoms with van der Waals surface area (Å²) in [6.45, 7) is 4.00. The zero-order chi connectivity index (χ0) is 15.2. The quantitative estimate of drug-likeness (QED) is 0.800. The molecule has 0 aliphatic heterocycles. The zero-order valence-corrected chi connectivity index (χ0v) is 11.6. The number of para-hydroxylation sites is 1. The molecule has 0 aliphatic carbocycles. The Labute approximate surface area is 119 Å². The molecule has 0 saturated carbocycles. The number of anilines is 2. The van der Waals surface area contributed by atoms with Crippen LogP contribution in [0.4, 0.5) is 24.7 Å². The zero-order valence-electron chi connectivity index (χ0n) is 10.9. The molecule has 108 valence electrons. The summed E-state index contributed by atoms with van der Waals surface area (Å²) in [7, 11) is 0. The van der Waals surface area contributed by atoms with Gasteiger partial charge in [-0.25, -0.2) is 4.98 Å². The molecule has 0 spiro atoms. The minimum absolute atomic E-state index is 0.249. The van der Waals surface area contributed by atoms with Crippen LogP contribution in [-0.2, 0) is 6.18 Å². The number of rotatable bonds is 2. The molecule has 7 heteroatoms. The van der Waals surface area contributed by atoms with Crippen LogP contribution in [0.1, 0.15) is 19.4 Å². The Kier molecular flexibility index (Phi) is 5.76. The molecule has 2 aromatic rings. The minimum atomic E-state index is -4.54. The summed E-state index contributed by atoms with van der Waals surface area (Å²) in [5.74, 6) is -0.367. The lowest BCUT2D eigenvalue weighted by atomic mass is 10.2. The number of benzene rings is 1. The third-order valence-electron chi connectivity index (χ3n) is 2.10. The van der Waals surface area contributed by atoms with Crippen molar-refractivity contribution in [2.45, 2.75) is 20.0 Å². The Morgan fingerprint density at radius 2 is 1.70 bits per heavy atom. The minimum Gasteiger partial charge on any atom is -0.340 e. The Morgan fingerprint density at radius 1 is 1.10 bits per heavy atom. The van der Waals surface area contributed by atoms with Crippen LogP contribution in [0.25, 0.3) is 0 Å². The van der Waals surface area contributed by atoms with Gasteiger partial charge >= 0.3 is 6.18 Å².